The van der Waals surface area contributed by atoms with Crippen LogP contribution in [-0.2, 0) is 4.74 Å². The van der Waals surface area contributed by atoms with Crippen LogP contribution in [0.2, 0.25) is 0 Å². The zero-order valence-corrected chi connectivity index (χ0v) is 11.7. The largest absolute Gasteiger partial charge is 0.379 e. The number of nitrogens with one attached hydrogen (secondary N) is 1. The number of likely N-dealkylation sites (tertiary alicyclic amines) is 1. The number of carbonyl (C=O) groups excluding carboxylic acids is 1. The summed E-state index contributed by atoms with van der Waals surface area (Å²) in [6.07, 6.45) is 1.07. The number of hydrogen-bond acceptors (Lipinski definition) is 6. The Hall–Kier alpha value is -1.21. The summed E-state index contributed by atoms with van der Waals surface area (Å²) in [6, 6.07) is 0. The number of rotatable bonds is 3. The van der Waals surface area contributed by atoms with Gasteiger partial charge in [0.1, 0.15) is 0 Å². The summed E-state index contributed by atoms with van der Waals surface area (Å²) in [5.74, 6) is 0.435. The van der Waals surface area contributed by atoms with E-state index < -0.39 is 0 Å². The number of hydrogen-bond donors (Lipinski definition) is 1. The van der Waals surface area contributed by atoms with E-state index in [2.05, 4.69) is 22.4 Å². The zero-order chi connectivity index (χ0) is 13.1. The third-order valence-electron chi connectivity index (χ3n) is 3.30. The lowest BCUT2D eigenvalue weighted by atomic mass is 9.96. The normalized spacial score (nSPS) is 24.1. The molecule has 2 rings (SSSR count). The van der Waals surface area contributed by atoms with Gasteiger partial charge in [-0.15, -0.1) is 10.2 Å². The van der Waals surface area contributed by atoms with Gasteiger partial charge in [-0.1, -0.05) is 18.3 Å². The molecule has 18 heavy (non-hydrogen) atoms. The monoisotopic (exact) mass is 270 g/mol. The Morgan fingerprint density at radius 3 is 2.94 bits per heavy atom. The van der Waals surface area contributed by atoms with Gasteiger partial charge in [-0.25, -0.2) is 0 Å². The van der Waals surface area contributed by atoms with Crippen LogP contribution in [0.4, 0.5) is 5.13 Å². The Kier molecular flexibility index (Phi) is 4.13. The second-order valence-electron chi connectivity index (χ2n) is 4.45. The van der Waals surface area contributed by atoms with Gasteiger partial charge in [-0.3, -0.25) is 4.79 Å². The van der Waals surface area contributed by atoms with Crippen LogP contribution in [0.15, 0.2) is 0 Å². The summed E-state index contributed by atoms with van der Waals surface area (Å²) >= 11 is 1.28. The highest BCUT2D eigenvalue weighted by molar-refractivity contribution is 7.17. The van der Waals surface area contributed by atoms with Gasteiger partial charge < -0.3 is 15.0 Å². The molecule has 6 nitrogen and oxygen atoms in total. The molecule has 1 aromatic rings. The van der Waals surface area contributed by atoms with Gasteiger partial charge in [0, 0.05) is 27.2 Å². The molecule has 0 saturated carbocycles. The van der Waals surface area contributed by atoms with Gasteiger partial charge in [-0.05, 0) is 12.3 Å². The molecular weight excluding hydrogens is 252 g/mol. The summed E-state index contributed by atoms with van der Waals surface area (Å²) in [5.41, 5.74) is 0. The first kappa shape index (κ1) is 13.2. The second-order valence-corrected chi connectivity index (χ2v) is 5.43. The maximum atomic E-state index is 12.2. The molecule has 100 valence electrons. The molecule has 1 aromatic heterocycles. The van der Waals surface area contributed by atoms with Gasteiger partial charge in [0.25, 0.3) is 5.91 Å². The van der Waals surface area contributed by atoms with Gasteiger partial charge in [-0.2, -0.15) is 0 Å². The van der Waals surface area contributed by atoms with E-state index in [-0.39, 0.29) is 12.0 Å². The van der Waals surface area contributed by atoms with E-state index in [9.17, 15) is 4.79 Å². The highest BCUT2D eigenvalue weighted by Crippen LogP contribution is 2.22. The van der Waals surface area contributed by atoms with Crippen molar-refractivity contribution >= 4 is 22.4 Å². The smallest absolute Gasteiger partial charge is 0.284 e. The number of methoxy groups -OCH3 is 1. The lowest BCUT2D eigenvalue weighted by Crippen LogP contribution is -2.46. The van der Waals surface area contributed by atoms with E-state index >= 15 is 0 Å². The molecule has 0 bridgehead atoms. The molecule has 1 amide bonds. The van der Waals surface area contributed by atoms with Crippen molar-refractivity contribution in [3.63, 3.8) is 0 Å². The molecule has 1 saturated heterocycles. The van der Waals surface area contributed by atoms with Gasteiger partial charge >= 0.3 is 0 Å². The van der Waals surface area contributed by atoms with Crippen molar-refractivity contribution in [3.05, 3.63) is 5.01 Å². The molecule has 7 heteroatoms. The lowest BCUT2D eigenvalue weighted by Gasteiger charge is -2.35. The van der Waals surface area contributed by atoms with Crippen molar-refractivity contribution in [1.82, 2.24) is 15.1 Å². The van der Waals surface area contributed by atoms with Crippen molar-refractivity contribution < 1.29 is 9.53 Å². The molecule has 1 N–H and O–H groups in total. The maximum Gasteiger partial charge on any atom is 0.284 e. The molecule has 0 radical (unpaired) electrons. The van der Waals surface area contributed by atoms with Gasteiger partial charge in [0.05, 0.1) is 6.10 Å². The Balaban J connectivity index is 2.05. The van der Waals surface area contributed by atoms with Crippen molar-refractivity contribution in [2.24, 2.45) is 5.92 Å². The van der Waals surface area contributed by atoms with E-state index in [1.54, 1.807) is 19.1 Å². The fourth-order valence-corrected chi connectivity index (χ4v) is 2.74. The van der Waals surface area contributed by atoms with Crippen LogP contribution < -0.4 is 5.32 Å². The predicted octanol–water partition coefficient (Wildman–Crippen LogP) is 1.08. The van der Waals surface area contributed by atoms with E-state index in [0.29, 0.717) is 22.6 Å². The van der Waals surface area contributed by atoms with Crippen LogP contribution in [0.25, 0.3) is 0 Å². The Labute approximate surface area is 110 Å². The Morgan fingerprint density at radius 1 is 1.56 bits per heavy atom. The van der Waals surface area contributed by atoms with Crippen molar-refractivity contribution in [1.29, 1.82) is 0 Å². The number of piperidine rings is 1. The minimum Gasteiger partial charge on any atom is -0.379 e. The quantitative estimate of drug-likeness (QED) is 0.890. The summed E-state index contributed by atoms with van der Waals surface area (Å²) < 4.78 is 5.41. The Morgan fingerprint density at radius 2 is 2.33 bits per heavy atom. The Bertz CT molecular complexity index is 423. The van der Waals surface area contributed by atoms with E-state index in [0.717, 1.165) is 13.0 Å². The number of nitrogens with zero attached hydrogens (tertiary/aromatic N) is 3. The fraction of sp³-hybridized carbons (Fsp3) is 0.727. The van der Waals surface area contributed by atoms with Crippen LogP contribution in [0, 0.1) is 5.92 Å². The zero-order valence-electron chi connectivity index (χ0n) is 10.8. The highest BCUT2D eigenvalue weighted by Gasteiger charge is 2.30. The molecule has 1 aliphatic rings. The summed E-state index contributed by atoms with van der Waals surface area (Å²) in [5, 5.41) is 11.8. The van der Waals surface area contributed by atoms with Crippen LogP contribution in [0.3, 0.4) is 0 Å². The van der Waals surface area contributed by atoms with Crippen LogP contribution in [0.1, 0.15) is 23.1 Å². The first-order chi connectivity index (χ1) is 8.65. The average molecular weight is 270 g/mol. The van der Waals surface area contributed by atoms with Crippen LogP contribution in [0.5, 0.6) is 0 Å². The standard InChI is InChI=1S/C11H18N4O2S/c1-7-4-5-15(6-8(7)17-3)10(16)9-13-14-11(12-2)18-9/h7-8H,4-6H2,1-3H3,(H,12,14). The van der Waals surface area contributed by atoms with Gasteiger partial charge in [0.2, 0.25) is 10.1 Å². The van der Waals surface area contributed by atoms with Gasteiger partial charge in [0.15, 0.2) is 0 Å². The molecule has 0 aromatic carbocycles. The molecule has 1 aliphatic heterocycles. The van der Waals surface area contributed by atoms with E-state index in [4.69, 9.17) is 4.74 Å². The molecule has 1 fully saturated rings. The lowest BCUT2D eigenvalue weighted by molar-refractivity contribution is -0.00160. The molecule has 2 heterocycles. The van der Waals surface area contributed by atoms with Crippen molar-refractivity contribution in [2.75, 3.05) is 32.6 Å². The number of carbonyl (C=O) groups is 1. The highest BCUT2D eigenvalue weighted by atomic mass is 32.1. The first-order valence-corrected chi connectivity index (χ1v) is 6.80. The average Bonchev–Trinajstić information content (AvgIpc) is 2.87. The van der Waals surface area contributed by atoms with E-state index in [1.807, 2.05) is 0 Å². The molecule has 2 atom stereocenters. The molecule has 2 unspecified atom stereocenters. The minimum atomic E-state index is -0.0528. The third kappa shape index (κ3) is 2.62. The topological polar surface area (TPSA) is 67.4 Å². The SMILES string of the molecule is CNc1nnc(C(=O)N2CCC(C)C(OC)C2)s1. The summed E-state index contributed by atoms with van der Waals surface area (Å²) in [6.45, 7) is 3.54. The maximum absolute atomic E-state index is 12.2. The number of aromatic nitrogens is 2. The molecule has 0 aliphatic carbocycles. The summed E-state index contributed by atoms with van der Waals surface area (Å²) in [7, 11) is 3.46. The number of ether oxygens (including phenoxy) is 1. The van der Waals surface area contributed by atoms with E-state index in [1.165, 1.54) is 11.3 Å². The second kappa shape index (κ2) is 5.62. The molecular formula is C11H18N4O2S. The van der Waals surface area contributed by atoms with Crippen LogP contribution >= 0.6 is 11.3 Å². The van der Waals surface area contributed by atoms with Crippen molar-refractivity contribution in [2.45, 2.75) is 19.4 Å². The number of amides is 1. The van der Waals surface area contributed by atoms with Crippen LogP contribution in [-0.4, -0.2) is 54.4 Å². The van der Waals surface area contributed by atoms with Crippen molar-refractivity contribution in [3.8, 4) is 0 Å². The third-order valence-corrected chi connectivity index (χ3v) is 4.23. The first-order valence-electron chi connectivity index (χ1n) is 5.99. The number of anilines is 1. The molecule has 0 spiro atoms. The predicted molar refractivity (Wildman–Crippen MR) is 69.9 cm³/mol. The minimum absolute atomic E-state index is 0.0528. The summed E-state index contributed by atoms with van der Waals surface area (Å²) in [4.78, 5) is 14.0. The fourth-order valence-electron chi connectivity index (χ4n) is 2.07.